The fourth-order valence-corrected chi connectivity index (χ4v) is 3.65. The molecule has 0 aromatic heterocycles. The molecule has 7 heteroatoms. The van der Waals surface area contributed by atoms with Crippen LogP contribution >= 0.6 is 43.4 Å². The SMILES string of the molecule is CCCCCOP(OCCCCC)OCCCCCCCC(Cl)(Cl)Cl. The molecule has 0 rings (SSSR count). The van der Waals surface area contributed by atoms with Crippen molar-refractivity contribution in [2.45, 2.75) is 94.7 Å². The zero-order chi connectivity index (χ0) is 18.8. The number of halogens is 3. The van der Waals surface area contributed by atoms with Crippen LogP contribution in [0.5, 0.6) is 0 Å². The Labute approximate surface area is 171 Å². The smallest absolute Gasteiger partial charge is 0.312 e. The van der Waals surface area contributed by atoms with Crippen molar-refractivity contribution in [2.24, 2.45) is 0 Å². The second kappa shape index (κ2) is 18.5. The van der Waals surface area contributed by atoms with Gasteiger partial charge in [0.05, 0.1) is 19.8 Å². The highest BCUT2D eigenvalue weighted by atomic mass is 35.6. The van der Waals surface area contributed by atoms with E-state index >= 15 is 0 Å². The first-order valence-electron chi connectivity index (χ1n) is 9.75. The normalized spacial score (nSPS) is 12.2. The summed E-state index contributed by atoms with van der Waals surface area (Å²) in [6.07, 6.45) is 12.8. The molecule has 152 valence electrons. The standard InChI is InChI=1S/C18H36Cl3O3P/c1-3-5-11-15-22-25(23-16-12-6-4-2)24-17-13-9-7-8-10-14-18(19,20)21/h3-17H2,1-2H3. The zero-order valence-corrected chi connectivity index (χ0v) is 19.1. The molecule has 3 nitrogen and oxygen atoms in total. The van der Waals surface area contributed by atoms with Crippen LogP contribution in [-0.2, 0) is 13.6 Å². The average Bonchev–Trinajstić information content (AvgIpc) is 2.56. The minimum atomic E-state index is -1.19. The Morgan fingerprint density at radius 2 is 1.00 bits per heavy atom. The van der Waals surface area contributed by atoms with Crippen LogP contribution in [0.3, 0.4) is 0 Å². The van der Waals surface area contributed by atoms with Gasteiger partial charge in [0.15, 0.2) is 3.79 Å². The summed E-state index contributed by atoms with van der Waals surface area (Å²) in [5.41, 5.74) is 0. The van der Waals surface area contributed by atoms with E-state index in [9.17, 15) is 0 Å². The first-order chi connectivity index (χ1) is 12.0. The van der Waals surface area contributed by atoms with E-state index in [1.165, 1.54) is 25.7 Å². The van der Waals surface area contributed by atoms with Gasteiger partial charge in [-0.05, 0) is 32.1 Å². The first-order valence-corrected chi connectivity index (χ1v) is 12.0. The Kier molecular flexibility index (Phi) is 19.4. The molecule has 0 aromatic carbocycles. The van der Waals surface area contributed by atoms with Crippen molar-refractivity contribution in [3.63, 3.8) is 0 Å². The van der Waals surface area contributed by atoms with E-state index in [-0.39, 0.29) is 0 Å². The number of hydrogen-bond donors (Lipinski definition) is 0. The molecule has 0 N–H and O–H groups in total. The van der Waals surface area contributed by atoms with E-state index in [0.717, 1.165) is 58.2 Å². The molecular formula is C18H36Cl3O3P. The van der Waals surface area contributed by atoms with Gasteiger partial charge in [0.25, 0.3) is 0 Å². The van der Waals surface area contributed by atoms with E-state index < -0.39 is 12.4 Å². The van der Waals surface area contributed by atoms with Crippen molar-refractivity contribution in [1.82, 2.24) is 0 Å². The highest BCUT2D eigenvalue weighted by Gasteiger charge is 2.18. The molecule has 0 aromatic rings. The molecule has 0 aliphatic rings. The molecule has 0 heterocycles. The number of unbranched alkanes of at least 4 members (excludes halogenated alkanes) is 8. The van der Waals surface area contributed by atoms with Crippen LogP contribution in [0.1, 0.15) is 90.9 Å². The van der Waals surface area contributed by atoms with Crippen molar-refractivity contribution < 1.29 is 13.6 Å². The minimum Gasteiger partial charge on any atom is -0.312 e. The maximum absolute atomic E-state index is 5.82. The zero-order valence-electron chi connectivity index (χ0n) is 15.9. The molecule has 0 fully saturated rings. The van der Waals surface area contributed by atoms with Gasteiger partial charge in [-0.1, -0.05) is 93.6 Å². The van der Waals surface area contributed by atoms with E-state index in [4.69, 9.17) is 48.4 Å². The molecule has 0 saturated heterocycles. The van der Waals surface area contributed by atoms with E-state index in [0.29, 0.717) is 13.0 Å². The second-order valence-electron chi connectivity index (χ2n) is 6.27. The van der Waals surface area contributed by atoms with Crippen LogP contribution in [0.2, 0.25) is 0 Å². The topological polar surface area (TPSA) is 27.7 Å². The molecule has 0 amide bonds. The van der Waals surface area contributed by atoms with Crippen molar-refractivity contribution in [1.29, 1.82) is 0 Å². The van der Waals surface area contributed by atoms with Crippen molar-refractivity contribution >= 4 is 43.4 Å². The maximum atomic E-state index is 5.82. The lowest BCUT2D eigenvalue weighted by molar-refractivity contribution is 0.154. The molecule has 0 bridgehead atoms. The van der Waals surface area contributed by atoms with Gasteiger partial charge in [-0.2, -0.15) is 0 Å². The van der Waals surface area contributed by atoms with Crippen LogP contribution in [0.4, 0.5) is 0 Å². The first kappa shape index (κ1) is 26.2. The quantitative estimate of drug-likeness (QED) is 0.122. The van der Waals surface area contributed by atoms with Gasteiger partial charge in [-0.3, -0.25) is 0 Å². The number of alkyl halides is 3. The molecule has 0 atom stereocenters. The van der Waals surface area contributed by atoms with Gasteiger partial charge in [-0.25, -0.2) is 0 Å². The largest absolute Gasteiger partial charge is 0.332 e. The Morgan fingerprint density at radius 1 is 0.600 bits per heavy atom. The number of hydrogen-bond acceptors (Lipinski definition) is 3. The second-order valence-corrected chi connectivity index (χ2v) is 10.0. The third kappa shape index (κ3) is 21.3. The van der Waals surface area contributed by atoms with Crippen LogP contribution < -0.4 is 0 Å². The Morgan fingerprint density at radius 3 is 1.44 bits per heavy atom. The van der Waals surface area contributed by atoms with Gasteiger partial charge < -0.3 is 13.6 Å². The molecule has 0 saturated carbocycles. The highest BCUT2D eigenvalue weighted by molar-refractivity contribution is 7.41. The molecule has 0 radical (unpaired) electrons. The number of rotatable bonds is 18. The Bertz CT molecular complexity index is 267. The Hall–Kier alpha value is 1.18. The van der Waals surface area contributed by atoms with Crippen molar-refractivity contribution in [3.8, 4) is 0 Å². The van der Waals surface area contributed by atoms with E-state index in [2.05, 4.69) is 13.8 Å². The van der Waals surface area contributed by atoms with E-state index in [1.807, 2.05) is 0 Å². The van der Waals surface area contributed by atoms with Gasteiger partial charge in [-0.15, -0.1) is 0 Å². The molecule has 0 spiro atoms. The summed E-state index contributed by atoms with van der Waals surface area (Å²) in [6.45, 7) is 6.52. The predicted octanol–water partition coefficient (Wildman–Crippen LogP) is 8.35. The van der Waals surface area contributed by atoms with Gasteiger partial charge in [0.1, 0.15) is 0 Å². The van der Waals surface area contributed by atoms with Gasteiger partial charge in [0, 0.05) is 0 Å². The van der Waals surface area contributed by atoms with Crippen LogP contribution in [0, 0.1) is 0 Å². The monoisotopic (exact) mass is 436 g/mol. The average molecular weight is 438 g/mol. The molecule has 0 aliphatic heterocycles. The Balaban J connectivity index is 3.69. The fraction of sp³-hybridized carbons (Fsp3) is 1.00. The lowest BCUT2D eigenvalue weighted by atomic mass is 10.1. The molecular weight excluding hydrogens is 402 g/mol. The van der Waals surface area contributed by atoms with Gasteiger partial charge in [0.2, 0.25) is 0 Å². The third-order valence-corrected chi connectivity index (χ3v) is 5.44. The van der Waals surface area contributed by atoms with Crippen molar-refractivity contribution in [2.75, 3.05) is 19.8 Å². The van der Waals surface area contributed by atoms with Gasteiger partial charge >= 0.3 is 8.60 Å². The molecule has 25 heavy (non-hydrogen) atoms. The fourth-order valence-electron chi connectivity index (χ4n) is 2.19. The lowest BCUT2D eigenvalue weighted by Gasteiger charge is -2.17. The molecule has 0 aliphatic carbocycles. The maximum Gasteiger partial charge on any atom is 0.332 e. The summed E-state index contributed by atoms with van der Waals surface area (Å²) in [5, 5.41) is 0. The summed E-state index contributed by atoms with van der Waals surface area (Å²) in [4.78, 5) is 0. The summed E-state index contributed by atoms with van der Waals surface area (Å²) in [5.74, 6) is 0. The molecule has 0 unspecified atom stereocenters. The van der Waals surface area contributed by atoms with Crippen LogP contribution in [0.15, 0.2) is 0 Å². The summed E-state index contributed by atoms with van der Waals surface area (Å²) < 4.78 is 16.3. The highest BCUT2D eigenvalue weighted by Crippen LogP contribution is 2.40. The van der Waals surface area contributed by atoms with Crippen LogP contribution in [-0.4, -0.2) is 23.6 Å². The predicted molar refractivity (Wildman–Crippen MR) is 112 cm³/mol. The third-order valence-electron chi connectivity index (χ3n) is 3.69. The summed E-state index contributed by atoms with van der Waals surface area (Å²) in [7, 11) is -1.19. The van der Waals surface area contributed by atoms with Crippen LogP contribution in [0.25, 0.3) is 0 Å². The van der Waals surface area contributed by atoms with Crippen molar-refractivity contribution in [3.05, 3.63) is 0 Å². The van der Waals surface area contributed by atoms with E-state index in [1.54, 1.807) is 0 Å². The minimum absolute atomic E-state index is 0.622. The summed E-state index contributed by atoms with van der Waals surface area (Å²) >= 11 is 17.2. The summed E-state index contributed by atoms with van der Waals surface area (Å²) in [6, 6.07) is 0. The lowest BCUT2D eigenvalue weighted by Crippen LogP contribution is -2.01.